The molecule has 1 atom stereocenters. The van der Waals surface area contributed by atoms with Crippen LogP contribution in [0, 0.1) is 11.6 Å². The maximum absolute atomic E-state index is 13.6. The Hall–Kier alpha value is -2.18. The van der Waals surface area contributed by atoms with E-state index < -0.39 is 29.2 Å². The fourth-order valence-corrected chi connectivity index (χ4v) is 1.51. The number of carbonyl (C=O) groups is 1. The summed E-state index contributed by atoms with van der Waals surface area (Å²) >= 11 is 0. The van der Waals surface area contributed by atoms with Gasteiger partial charge in [-0.1, -0.05) is 11.2 Å². The largest absolute Gasteiger partial charge is 0.468 e. The van der Waals surface area contributed by atoms with Crippen molar-refractivity contribution in [3.8, 4) is 0 Å². The maximum atomic E-state index is 13.6. The summed E-state index contributed by atoms with van der Waals surface area (Å²) in [7, 11) is 1.11. The van der Waals surface area contributed by atoms with E-state index in [0.29, 0.717) is 0 Å². The smallest absolute Gasteiger partial charge is 0.327 e. The summed E-state index contributed by atoms with van der Waals surface area (Å²) in [6.07, 6.45) is 0. The van der Waals surface area contributed by atoms with E-state index in [4.69, 9.17) is 5.53 Å². The van der Waals surface area contributed by atoms with Gasteiger partial charge in [0.25, 0.3) is 0 Å². The highest BCUT2D eigenvalue weighted by Gasteiger charge is 2.26. The van der Waals surface area contributed by atoms with Crippen LogP contribution >= 0.6 is 0 Å². The molecule has 0 radical (unpaired) electrons. The van der Waals surface area contributed by atoms with Crippen LogP contribution in [0.25, 0.3) is 10.4 Å². The van der Waals surface area contributed by atoms with Crippen LogP contribution in [0.2, 0.25) is 0 Å². The molecule has 6 nitrogen and oxygen atoms in total. The number of hydrogen-bond acceptors (Lipinski definition) is 4. The van der Waals surface area contributed by atoms with Gasteiger partial charge in [0.1, 0.15) is 17.7 Å². The zero-order valence-corrected chi connectivity index (χ0v) is 10.1. The Balaban J connectivity index is 2.96. The Labute approximate surface area is 108 Å². The lowest BCUT2D eigenvalue weighted by Gasteiger charge is -2.17. The van der Waals surface area contributed by atoms with E-state index in [1.807, 2.05) is 0 Å². The number of ether oxygens (including phenoxy) is 1. The molecule has 102 valence electrons. The molecule has 0 saturated heterocycles. The zero-order chi connectivity index (χ0) is 14.3. The molecule has 19 heavy (non-hydrogen) atoms. The first kappa shape index (κ1) is 14.9. The second kappa shape index (κ2) is 7.30. The van der Waals surface area contributed by atoms with Gasteiger partial charge in [-0.05, 0) is 17.7 Å². The lowest BCUT2D eigenvalue weighted by atomic mass is 10.1. The number of methoxy groups -OCH3 is 1. The van der Waals surface area contributed by atoms with Crippen molar-refractivity contribution < 1.29 is 18.3 Å². The fraction of sp³-hybridized carbons (Fsp3) is 0.364. The molecule has 1 aromatic carbocycles. The Bertz CT molecular complexity index is 483. The van der Waals surface area contributed by atoms with Crippen LogP contribution in [0.15, 0.2) is 23.3 Å². The first-order chi connectivity index (χ1) is 9.11. The summed E-state index contributed by atoms with van der Waals surface area (Å²) in [5.41, 5.74) is 7.69. The molecular formula is C11H12F2N4O2. The van der Waals surface area contributed by atoms with E-state index in [2.05, 4.69) is 20.1 Å². The number of rotatable bonds is 6. The van der Waals surface area contributed by atoms with Crippen LogP contribution in [0.1, 0.15) is 11.6 Å². The van der Waals surface area contributed by atoms with E-state index in [1.54, 1.807) is 0 Å². The number of halogens is 2. The number of carbonyl (C=O) groups excluding carboxylic acids is 1. The SMILES string of the molecule is COC(=O)C(NCCN=[N+]=[N-])c1c(F)cccc1F. The summed E-state index contributed by atoms with van der Waals surface area (Å²) in [5, 5.41) is 5.83. The maximum Gasteiger partial charge on any atom is 0.327 e. The first-order valence-electron chi connectivity index (χ1n) is 5.37. The van der Waals surface area contributed by atoms with Crippen molar-refractivity contribution in [3.05, 3.63) is 45.8 Å². The Morgan fingerprint density at radius 3 is 2.68 bits per heavy atom. The Morgan fingerprint density at radius 2 is 2.16 bits per heavy atom. The van der Waals surface area contributed by atoms with Gasteiger partial charge in [0.15, 0.2) is 0 Å². The predicted molar refractivity (Wildman–Crippen MR) is 63.1 cm³/mol. The molecule has 1 rings (SSSR count). The van der Waals surface area contributed by atoms with Crippen molar-refractivity contribution in [3.63, 3.8) is 0 Å². The van der Waals surface area contributed by atoms with Crippen LogP contribution < -0.4 is 5.32 Å². The molecule has 0 saturated carbocycles. The average molecular weight is 270 g/mol. The highest BCUT2D eigenvalue weighted by atomic mass is 19.1. The average Bonchev–Trinajstić information content (AvgIpc) is 2.40. The third-order valence-corrected chi connectivity index (χ3v) is 2.35. The van der Waals surface area contributed by atoms with Gasteiger partial charge >= 0.3 is 5.97 Å². The van der Waals surface area contributed by atoms with E-state index >= 15 is 0 Å². The second-order valence-corrected chi connectivity index (χ2v) is 3.50. The molecule has 0 aromatic heterocycles. The van der Waals surface area contributed by atoms with Gasteiger partial charge in [-0.15, -0.1) is 0 Å². The topological polar surface area (TPSA) is 87.1 Å². The van der Waals surface area contributed by atoms with Gasteiger partial charge in [-0.3, -0.25) is 0 Å². The van der Waals surface area contributed by atoms with Crippen molar-refractivity contribution in [2.75, 3.05) is 20.2 Å². The highest BCUT2D eigenvalue weighted by molar-refractivity contribution is 5.77. The van der Waals surface area contributed by atoms with Crippen molar-refractivity contribution in [2.45, 2.75) is 6.04 Å². The monoisotopic (exact) mass is 270 g/mol. The minimum absolute atomic E-state index is 0.0417. The van der Waals surface area contributed by atoms with E-state index in [0.717, 1.165) is 19.2 Å². The molecule has 0 fully saturated rings. The number of benzene rings is 1. The minimum Gasteiger partial charge on any atom is -0.468 e. The number of azide groups is 1. The number of nitrogens with one attached hydrogen (secondary N) is 1. The molecule has 0 aliphatic rings. The summed E-state index contributed by atoms with van der Waals surface area (Å²) in [6, 6.07) is 2.00. The normalized spacial score (nSPS) is 11.5. The van der Waals surface area contributed by atoms with E-state index in [-0.39, 0.29) is 13.1 Å². The summed E-state index contributed by atoms with van der Waals surface area (Å²) in [4.78, 5) is 14.1. The third kappa shape index (κ3) is 3.90. The van der Waals surface area contributed by atoms with Crippen LogP contribution in [-0.4, -0.2) is 26.2 Å². The lowest BCUT2D eigenvalue weighted by Crippen LogP contribution is -2.32. The number of hydrogen-bond donors (Lipinski definition) is 1. The number of nitrogens with zero attached hydrogens (tertiary/aromatic N) is 3. The van der Waals surface area contributed by atoms with Crippen LogP contribution in [0.3, 0.4) is 0 Å². The highest BCUT2D eigenvalue weighted by Crippen LogP contribution is 2.21. The molecule has 0 spiro atoms. The van der Waals surface area contributed by atoms with Gasteiger partial charge < -0.3 is 10.1 Å². The summed E-state index contributed by atoms with van der Waals surface area (Å²) in [6.45, 7) is 0.123. The molecule has 0 aliphatic heterocycles. The zero-order valence-electron chi connectivity index (χ0n) is 10.1. The molecule has 1 unspecified atom stereocenters. The Kier molecular flexibility index (Phi) is 5.72. The molecule has 1 aromatic rings. The first-order valence-corrected chi connectivity index (χ1v) is 5.37. The van der Waals surface area contributed by atoms with Gasteiger partial charge in [-0.25, -0.2) is 13.6 Å². The third-order valence-electron chi connectivity index (χ3n) is 2.35. The van der Waals surface area contributed by atoms with Gasteiger partial charge in [-0.2, -0.15) is 0 Å². The summed E-state index contributed by atoms with van der Waals surface area (Å²) < 4.78 is 31.7. The van der Waals surface area contributed by atoms with Crippen molar-refractivity contribution in [1.29, 1.82) is 0 Å². The van der Waals surface area contributed by atoms with Crippen LogP contribution in [-0.2, 0) is 9.53 Å². The lowest BCUT2D eigenvalue weighted by molar-refractivity contribution is -0.143. The minimum atomic E-state index is -1.29. The van der Waals surface area contributed by atoms with Crippen LogP contribution in [0.4, 0.5) is 8.78 Å². The molecular weight excluding hydrogens is 258 g/mol. The molecule has 0 amide bonds. The Morgan fingerprint density at radius 1 is 1.53 bits per heavy atom. The second-order valence-electron chi connectivity index (χ2n) is 3.50. The standard InChI is InChI=1S/C11H12F2N4O2/c1-19-11(18)10(15-5-6-16-17-14)9-7(12)3-2-4-8(9)13/h2-4,10,15H,5-6H2,1H3. The van der Waals surface area contributed by atoms with Crippen molar-refractivity contribution >= 4 is 5.97 Å². The quantitative estimate of drug-likeness (QED) is 0.282. The van der Waals surface area contributed by atoms with E-state index in [9.17, 15) is 13.6 Å². The van der Waals surface area contributed by atoms with E-state index in [1.165, 1.54) is 6.07 Å². The fourth-order valence-electron chi connectivity index (χ4n) is 1.51. The number of esters is 1. The molecule has 0 aliphatic carbocycles. The van der Waals surface area contributed by atoms with Gasteiger partial charge in [0.05, 0.1) is 12.7 Å². The predicted octanol–water partition coefficient (Wildman–Crippen LogP) is 2.08. The molecule has 0 heterocycles. The molecule has 0 bridgehead atoms. The summed E-state index contributed by atoms with van der Waals surface area (Å²) in [5.74, 6) is -2.54. The van der Waals surface area contributed by atoms with Crippen molar-refractivity contribution in [2.24, 2.45) is 5.11 Å². The van der Waals surface area contributed by atoms with Gasteiger partial charge in [0, 0.05) is 18.0 Å². The molecule has 8 heteroatoms. The van der Waals surface area contributed by atoms with Gasteiger partial charge in [0.2, 0.25) is 0 Å². The van der Waals surface area contributed by atoms with Crippen LogP contribution in [0.5, 0.6) is 0 Å². The molecule has 1 N–H and O–H groups in total. The van der Waals surface area contributed by atoms with Crippen molar-refractivity contribution in [1.82, 2.24) is 5.32 Å².